The standard InChI is InChI=1S/C11H15N5O4S/c1-7-8(5-12-15-7)21(19,20)16-4-2-3-11(6-16)9(17)13-10(18)14-11/h5H,2-4,6H2,1H3,(H,12,15)(H2,13,14,17,18). The van der Waals surface area contributed by atoms with Gasteiger partial charge < -0.3 is 5.32 Å². The molecule has 114 valence electrons. The molecule has 21 heavy (non-hydrogen) atoms. The van der Waals surface area contributed by atoms with Crippen LogP contribution in [0.15, 0.2) is 11.1 Å². The van der Waals surface area contributed by atoms with Gasteiger partial charge >= 0.3 is 6.03 Å². The summed E-state index contributed by atoms with van der Waals surface area (Å²) in [6.45, 7) is 1.85. The van der Waals surface area contributed by atoms with E-state index in [-0.39, 0.29) is 11.4 Å². The van der Waals surface area contributed by atoms with Gasteiger partial charge in [0.2, 0.25) is 10.0 Å². The number of aromatic amines is 1. The predicted molar refractivity (Wildman–Crippen MR) is 70.7 cm³/mol. The summed E-state index contributed by atoms with van der Waals surface area (Å²) >= 11 is 0. The summed E-state index contributed by atoms with van der Waals surface area (Å²) in [7, 11) is -3.75. The van der Waals surface area contributed by atoms with Gasteiger partial charge in [-0.3, -0.25) is 15.2 Å². The first-order valence-corrected chi connectivity index (χ1v) is 7.93. The van der Waals surface area contributed by atoms with Crippen LogP contribution in [0, 0.1) is 6.92 Å². The summed E-state index contributed by atoms with van der Waals surface area (Å²) in [5.74, 6) is -0.476. The van der Waals surface area contributed by atoms with Crippen molar-refractivity contribution < 1.29 is 18.0 Å². The van der Waals surface area contributed by atoms with Crippen molar-refractivity contribution >= 4 is 22.0 Å². The molecular formula is C11H15N5O4S. The number of piperidine rings is 1. The predicted octanol–water partition coefficient (Wildman–Crippen LogP) is -0.919. The Labute approximate surface area is 121 Å². The van der Waals surface area contributed by atoms with E-state index in [9.17, 15) is 18.0 Å². The lowest BCUT2D eigenvalue weighted by Crippen LogP contribution is -2.59. The SMILES string of the molecule is Cc1[nH]ncc1S(=O)(=O)N1CCCC2(C1)NC(=O)NC2=O. The van der Waals surface area contributed by atoms with Crippen LogP contribution in [0.4, 0.5) is 4.79 Å². The Morgan fingerprint density at radius 3 is 2.71 bits per heavy atom. The molecule has 0 aliphatic carbocycles. The fourth-order valence-corrected chi connectivity index (χ4v) is 4.43. The summed E-state index contributed by atoms with van der Waals surface area (Å²) in [5, 5.41) is 11.0. The van der Waals surface area contributed by atoms with Crippen molar-refractivity contribution in [2.45, 2.75) is 30.2 Å². The Morgan fingerprint density at radius 1 is 1.38 bits per heavy atom. The Morgan fingerprint density at radius 2 is 2.14 bits per heavy atom. The van der Waals surface area contributed by atoms with Gasteiger partial charge in [-0.2, -0.15) is 9.40 Å². The Balaban J connectivity index is 1.92. The lowest BCUT2D eigenvalue weighted by molar-refractivity contribution is -0.125. The van der Waals surface area contributed by atoms with E-state index < -0.39 is 27.5 Å². The van der Waals surface area contributed by atoms with Crippen LogP contribution in [0.25, 0.3) is 0 Å². The van der Waals surface area contributed by atoms with E-state index >= 15 is 0 Å². The molecule has 0 bridgehead atoms. The monoisotopic (exact) mass is 313 g/mol. The number of hydrogen-bond donors (Lipinski definition) is 3. The van der Waals surface area contributed by atoms with Crippen molar-refractivity contribution in [3.05, 3.63) is 11.9 Å². The number of aromatic nitrogens is 2. The summed E-state index contributed by atoms with van der Waals surface area (Å²) in [4.78, 5) is 23.4. The quantitative estimate of drug-likeness (QED) is 0.609. The van der Waals surface area contributed by atoms with Crippen molar-refractivity contribution in [3.63, 3.8) is 0 Å². The van der Waals surface area contributed by atoms with Gasteiger partial charge in [-0.1, -0.05) is 0 Å². The van der Waals surface area contributed by atoms with Crippen molar-refractivity contribution in [2.75, 3.05) is 13.1 Å². The zero-order valence-electron chi connectivity index (χ0n) is 11.3. The fraction of sp³-hybridized carbons (Fsp3) is 0.545. The molecule has 2 fully saturated rings. The van der Waals surface area contributed by atoms with E-state index in [0.29, 0.717) is 25.1 Å². The molecule has 1 atom stereocenters. The molecule has 3 amide bonds. The van der Waals surface area contributed by atoms with E-state index in [1.807, 2.05) is 0 Å². The van der Waals surface area contributed by atoms with Crippen molar-refractivity contribution in [1.29, 1.82) is 0 Å². The third kappa shape index (κ3) is 2.10. The van der Waals surface area contributed by atoms with Gasteiger partial charge in [-0.05, 0) is 19.8 Å². The van der Waals surface area contributed by atoms with Gasteiger partial charge in [0.05, 0.1) is 11.9 Å². The lowest BCUT2D eigenvalue weighted by Gasteiger charge is -2.37. The van der Waals surface area contributed by atoms with Crippen LogP contribution in [0.5, 0.6) is 0 Å². The molecule has 1 aromatic heterocycles. The number of urea groups is 1. The molecule has 3 N–H and O–H groups in total. The van der Waals surface area contributed by atoms with Gasteiger partial charge in [0.1, 0.15) is 10.4 Å². The second-order valence-corrected chi connectivity index (χ2v) is 7.20. The molecule has 0 radical (unpaired) electrons. The number of imide groups is 1. The topological polar surface area (TPSA) is 124 Å². The highest BCUT2D eigenvalue weighted by Crippen LogP contribution is 2.29. The van der Waals surface area contributed by atoms with Gasteiger partial charge in [-0.15, -0.1) is 0 Å². The van der Waals surface area contributed by atoms with E-state index in [0.717, 1.165) is 0 Å². The van der Waals surface area contributed by atoms with Gasteiger partial charge in [0.15, 0.2) is 0 Å². The Bertz CT molecular complexity index is 712. The van der Waals surface area contributed by atoms with Crippen LogP contribution in [0.1, 0.15) is 18.5 Å². The van der Waals surface area contributed by atoms with Crippen LogP contribution in [0.2, 0.25) is 0 Å². The third-order valence-electron chi connectivity index (χ3n) is 3.87. The highest BCUT2D eigenvalue weighted by molar-refractivity contribution is 7.89. The Hall–Kier alpha value is -1.94. The zero-order valence-corrected chi connectivity index (χ0v) is 12.2. The molecule has 3 rings (SSSR count). The van der Waals surface area contributed by atoms with Crippen LogP contribution in [0.3, 0.4) is 0 Å². The van der Waals surface area contributed by atoms with Gasteiger partial charge in [-0.25, -0.2) is 13.2 Å². The fourth-order valence-electron chi connectivity index (χ4n) is 2.78. The molecule has 2 aliphatic rings. The molecule has 2 aliphatic heterocycles. The first-order chi connectivity index (χ1) is 9.85. The molecular weight excluding hydrogens is 298 g/mol. The third-order valence-corrected chi connectivity index (χ3v) is 5.83. The largest absolute Gasteiger partial charge is 0.322 e. The maximum atomic E-state index is 12.6. The first-order valence-electron chi connectivity index (χ1n) is 6.49. The second-order valence-electron chi connectivity index (χ2n) is 5.29. The average Bonchev–Trinajstić information content (AvgIpc) is 2.95. The maximum Gasteiger partial charge on any atom is 0.322 e. The van der Waals surface area contributed by atoms with Crippen molar-refractivity contribution in [3.8, 4) is 0 Å². The normalized spacial score (nSPS) is 26.9. The number of rotatable bonds is 2. The number of nitrogens with zero attached hydrogens (tertiary/aromatic N) is 2. The smallest absolute Gasteiger partial charge is 0.322 e. The number of carbonyl (C=O) groups is 2. The van der Waals surface area contributed by atoms with Crippen LogP contribution < -0.4 is 10.6 Å². The molecule has 1 spiro atoms. The number of amides is 3. The minimum absolute atomic E-state index is 0.0719. The number of aryl methyl sites for hydroxylation is 1. The minimum atomic E-state index is -3.75. The first kappa shape index (κ1) is 14.0. The van der Waals surface area contributed by atoms with Crippen LogP contribution >= 0.6 is 0 Å². The van der Waals surface area contributed by atoms with Crippen LogP contribution in [-0.4, -0.2) is 53.5 Å². The summed E-state index contributed by atoms with van der Waals surface area (Å²) in [6.07, 6.45) is 2.16. The van der Waals surface area contributed by atoms with Crippen LogP contribution in [-0.2, 0) is 14.8 Å². The molecule has 3 heterocycles. The number of sulfonamides is 1. The molecule has 10 heteroatoms. The molecule has 1 aromatic rings. The number of nitrogens with one attached hydrogen (secondary N) is 3. The second kappa shape index (κ2) is 4.53. The average molecular weight is 313 g/mol. The summed E-state index contributed by atoms with van der Waals surface area (Å²) in [6, 6.07) is -0.585. The lowest BCUT2D eigenvalue weighted by atomic mass is 9.90. The molecule has 1 unspecified atom stereocenters. The van der Waals surface area contributed by atoms with E-state index in [4.69, 9.17) is 0 Å². The molecule has 0 aromatic carbocycles. The van der Waals surface area contributed by atoms with Gasteiger partial charge in [0.25, 0.3) is 5.91 Å². The molecule has 2 saturated heterocycles. The number of H-pyrrole nitrogens is 1. The highest BCUT2D eigenvalue weighted by atomic mass is 32.2. The minimum Gasteiger partial charge on any atom is -0.322 e. The van der Waals surface area contributed by atoms with Crippen molar-refractivity contribution in [2.24, 2.45) is 0 Å². The number of carbonyl (C=O) groups excluding carboxylic acids is 2. The number of hydrogen-bond acceptors (Lipinski definition) is 5. The summed E-state index contributed by atoms with van der Waals surface area (Å²) < 4.78 is 26.5. The van der Waals surface area contributed by atoms with E-state index in [1.54, 1.807) is 6.92 Å². The summed E-state index contributed by atoms with van der Waals surface area (Å²) in [5.41, 5.74) is -0.727. The highest BCUT2D eigenvalue weighted by Gasteiger charge is 2.51. The zero-order chi connectivity index (χ0) is 15.3. The molecule has 9 nitrogen and oxygen atoms in total. The van der Waals surface area contributed by atoms with E-state index in [1.165, 1.54) is 10.5 Å². The Kier molecular flexibility index (Phi) is 3.02. The van der Waals surface area contributed by atoms with E-state index in [2.05, 4.69) is 20.8 Å². The maximum absolute atomic E-state index is 12.6. The molecule has 0 saturated carbocycles. The van der Waals surface area contributed by atoms with Crippen molar-refractivity contribution in [1.82, 2.24) is 25.1 Å². The van der Waals surface area contributed by atoms with Gasteiger partial charge in [0, 0.05) is 13.1 Å².